The third-order valence-electron chi connectivity index (χ3n) is 2.76. The standard InChI is InChI=1S/C13H19F2NO3S/c1-8-5-10(19-7-12(14)15)9(13(2,3)4)6-11(8)20(16,17)18/h5-6,12H,7H2,1-4H3,(H2,16,17,18). The van der Waals surface area contributed by atoms with Crippen LogP contribution in [0.15, 0.2) is 17.0 Å². The summed E-state index contributed by atoms with van der Waals surface area (Å²) in [6.07, 6.45) is -2.60. The zero-order valence-corrected chi connectivity index (χ0v) is 12.7. The Labute approximate surface area is 118 Å². The third kappa shape index (κ3) is 4.14. The van der Waals surface area contributed by atoms with E-state index < -0.39 is 28.5 Å². The van der Waals surface area contributed by atoms with Crippen LogP contribution in [0.4, 0.5) is 8.78 Å². The normalized spacial score (nSPS) is 12.8. The molecule has 0 aromatic heterocycles. The van der Waals surface area contributed by atoms with E-state index in [0.717, 1.165) is 0 Å². The van der Waals surface area contributed by atoms with E-state index in [1.807, 2.05) is 20.8 Å². The summed E-state index contributed by atoms with van der Waals surface area (Å²) in [5, 5.41) is 5.15. The zero-order chi connectivity index (χ0) is 15.7. The summed E-state index contributed by atoms with van der Waals surface area (Å²) in [7, 11) is -3.87. The highest BCUT2D eigenvalue weighted by atomic mass is 32.2. The van der Waals surface area contributed by atoms with Crippen LogP contribution in [-0.4, -0.2) is 21.5 Å². The lowest BCUT2D eigenvalue weighted by atomic mass is 9.86. The molecule has 0 aliphatic carbocycles. The van der Waals surface area contributed by atoms with Crippen LogP contribution in [0, 0.1) is 6.92 Å². The number of hydrogen-bond donors (Lipinski definition) is 1. The molecule has 0 atom stereocenters. The van der Waals surface area contributed by atoms with Gasteiger partial charge in [-0.2, -0.15) is 0 Å². The molecule has 0 saturated carbocycles. The molecule has 1 aromatic rings. The van der Waals surface area contributed by atoms with Crippen LogP contribution in [0.5, 0.6) is 5.75 Å². The molecule has 0 saturated heterocycles. The van der Waals surface area contributed by atoms with Crippen molar-refractivity contribution in [1.82, 2.24) is 0 Å². The summed E-state index contributed by atoms with van der Waals surface area (Å²) >= 11 is 0. The maximum absolute atomic E-state index is 12.3. The van der Waals surface area contributed by atoms with Crippen LogP contribution in [-0.2, 0) is 15.4 Å². The summed E-state index contributed by atoms with van der Waals surface area (Å²) < 4.78 is 52.7. The molecule has 20 heavy (non-hydrogen) atoms. The van der Waals surface area contributed by atoms with Crippen molar-refractivity contribution in [2.45, 2.75) is 44.4 Å². The van der Waals surface area contributed by atoms with Crippen LogP contribution in [0.2, 0.25) is 0 Å². The quantitative estimate of drug-likeness (QED) is 0.929. The van der Waals surface area contributed by atoms with Crippen LogP contribution >= 0.6 is 0 Å². The number of hydrogen-bond acceptors (Lipinski definition) is 3. The Bertz CT molecular complexity index is 592. The van der Waals surface area contributed by atoms with E-state index in [2.05, 4.69) is 0 Å². The number of primary sulfonamides is 1. The predicted molar refractivity (Wildman–Crippen MR) is 72.8 cm³/mol. The minimum Gasteiger partial charge on any atom is -0.487 e. The molecule has 4 nitrogen and oxygen atoms in total. The zero-order valence-electron chi connectivity index (χ0n) is 11.9. The molecule has 7 heteroatoms. The number of aryl methyl sites for hydroxylation is 1. The molecule has 2 N–H and O–H groups in total. The lowest BCUT2D eigenvalue weighted by molar-refractivity contribution is 0.0808. The first-order valence-electron chi connectivity index (χ1n) is 6.02. The number of rotatable bonds is 4. The first-order valence-corrected chi connectivity index (χ1v) is 7.56. The average molecular weight is 307 g/mol. The van der Waals surface area contributed by atoms with E-state index in [1.165, 1.54) is 12.1 Å². The van der Waals surface area contributed by atoms with Gasteiger partial charge in [0.05, 0.1) is 4.90 Å². The van der Waals surface area contributed by atoms with Gasteiger partial charge < -0.3 is 4.74 Å². The predicted octanol–water partition coefficient (Wildman–Crippen LogP) is 2.58. The Morgan fingerprint density at radius 1 is 1.30 bits per heavy atom. The first kappa shape index (κ1) is 16.8. The smallest absolute Gasteiger partial charge is 0.272 e. The van der Waals surface area contributed by atoms with E-state index in [4.69, 9.17) is 9.88 Å². The van der Waals surface area contributed by atoms with E-state index in [-0.39, 0.29) is 10.6 Å². The summed E-state index contributed by atoms with van der Waals surface area (Å²) in [6, 6.07) is 2.83. The van der Waals surface area contributed by atoms with Gasteiger partial charge in [0, 0.05) is 5.56 Å². The molecule has 1 aromatic carbocycles. The molecule has 0 spiro atoms. The first-order chi connectivity index (χ1) is 8.93. The summed E-state index contributed by atoms with van der Waals surface area (Å²) in [4.78, 5) is -0.0215. The molecular weight excluding hydrogens is 288 g/mol. The van der Waals surface area contributed by atoms with Gasteiger partial charge in [-0.1, -0.05) is 20.8 Å². The monoisotopic (exact) mass is 307 g/mol. The highest BCUT2D eigenvalue weighted by Crippen LogP contribution is 2.35. The van der Waals surface area contributed by atoms with Gasteiger partial charge >= 0.3 is 0 Å². The highest BCUT2D eigenvalue weighted by molar-refractivity contribution is 7.89. The topological polar surface area (TPSA) is 69.4 Å². The summed E-state index contributed by atoms with van der Waals surface area (Å²) in [6.45, 7) is 6.30. The molecule has 0 fully saturated rings. The van der Waals surface area contributed by atoms with Gasteiger partial charge in [0.25, 0.3) is 6.43 Å². The van der Waals surface area contributed by atoms with Crippen molar-refractivity contribution in [3.05, 3.63) is 23.3 Å². The number of alkyl halides is 2. The van der Waals surface area contributed by atoms with Gasteiger partial charge in [-0.05, 0) is 30.0 Å². The number of benzene rings is 1. The Balaban J connectivity index is 3.42. The van der Waals surface area contributed by atoms with Gasteiger partial charge in [-0.15, -0.1) is 0 Å². The molecule has 114 valence electrons. The second kappa shape index (κ2) is 5.65. The number of halogens is 2. The van der Waals surface area contributed by atoms with Gasteiger partial charge in [-0.25, -0.2) is 22.3 Å². The van der Waals surface area contributed by atoms with E-state index in [0.29, 0.717) is 11.1 Å². The SMILES string of the molecule is Cc1cc(OCC(F)F)c(C(C)(C)C)cc1S(N)(=O)=O. The second-order valence-corrected chi connectivity index (χ2v) is 7.14. The molecule has 0 radical (unpaired) electrons. The van der Waals surface area contributed by atoms with Gasteiger partial charge in [0.15, 0.2) is 0 Å². The van der Waals surface area contributed by atoms with Crippen molar-refractivity contribution in [2.24, 2.45) is 5.14 Å². The van der Waals surface area contributed by atoms with E-state index in [9.17, 15) is 17.2 Å². The minimum absolute atomic E-state index is 0.0215. The molecule has 0 unspecified atom stereocenters. The second-order valence-electron chi connectivity index (χ2n) is 5.61. The number of sulfonamides is 1. The fourth-order valence-electron chi connectivity index (χ4n) is 1.83. The van der Waals surface area contributed by atoms with Gasteiger partial charge in [0.1, 0.15) is 12.4 Å². The van der Waals surface area contributed by atoms with Gasteiger partial charge in [-0.3, -0.25) is 0 Å². The lowest BCUT2D eigenvalue weighted by Gasteiger charge is -2.24. The van der Waals surface area contributed by atoms with Crippen LogP contribution in [0.3, 0.4) is 0 Å². The molecule has 1 rings (SSSR count). The lowest BCUT2D eigenvalue weighted by Crippen LogP contribution is -2.19. The van der Waals surface area contributed by atoms with Gasteiger partial charge in [0.2, 0.25) is 10.0 Å². The third-order valence-corrected chi connectivity index (χ3v) is 3.81. The van der Waals surface area contributed by atoms with Crippen molar-refractivity contribution in [3.8, 4) is 5.75 Å². The number of ether oxygens (including phenoxy) is 1. The molecule has 0 heterocycles. The van der Waals surface area contributed by atoms with E-state index >= 15 is 0 Å². The average Bonchev–Trinajstić information content (AvgIpc) is 2.22. The maximum atomic E-state index is 12.3. The van der Waals surface area contributed by atoms with Crippen molar-refractivity contribution in [1.29, 1.82) is 0 Å². The Morgan fingerprint density at radius 3 is 2.25 bits per heavy atom. The fourth-order valence-corrected chi connectivity index (χ4v) is 2.62. The summed E-state index contributed by atoms with van der Waals surface area (Å²) in [5.41, 5.74) is 0.419. The van der Waals surface area contributed by atoms with E-state index in [1.54, 1.807) is 6.92 Å². The Morgan fingerprint density at radius 2 is 1.85 bits per heavy atom. The van der Waals surface area contributed by atoms with Crippen molar-refractivity contribution >= 4 is 10.0 Å². The van der Waals surface area contributed by atoms with Crippen LogP contribution < -0.4 is 9.88 Å². The minimum atomic E-state index is -3.87. The molecule has 0 aliphatic heterocycles. The Kier molecular flexibility index (Phi) is 4.76. The summed E-state index contributed by atoms with van der Waals surface area (Å²) in [5.74, 6) is 0.253. The van der Waals surface area contributed by atoms with Crippen LogP contribution in [0.25, 0.3) is 0 Å². The van der Waals surface area contributed by atoms with Crippen LogP contribution in [0.1, 0.15) is 31.9 Å². The molecule has 0 bridgehead atoms. The van der Waals surface area contributed by atoms with Crippen molar-refractivity contribution < 1.29 is 21.9 Å². The van der Waals surface area contributed by atoms with Crippen molar-refractivity contribution in [3.63, 3.8) is 0 Å². The highest BCUT2D eigenvalue weighted by Gasteiger charge is 2.24. The maximum Gasteiger partial charge on any atom is 0.272 e. The van der Waals surface area contributed by atoms with Crippen molar-refractivity contribution in [2.75, 3.05) is 6.61 Å². The molecule has 0 amide bonds. The molecule has 0 aliphatic rings. The fraction of sp³-hybridized carbons (Fsp3) is 0.538. The number of nitrogens with two attached hydrogens (primary N) is 1. The largest absolute Gasteiger partial charge is 0.487 e. The Hall–Kier alpha value is -1.21. The molecular formula is C13H19F2NO3S.